The lowest BCUT2D eigenvalue weighted by atomic mass is 9.87. The number of anilines is 1. The van der Waals surface area contributed by atoms with Gasteiger partial charge in [-0.15, -0.1) is 0 Å². The molecule has 4 N–H and O–H groups in total. The average Bonchev–Trinajstić information content (AvgIpc) is 2.78. The smallest absolute Gasteiger partial charge is 0.254 e. The van der Waals surface area contributed by atoms with E-state index in [2.05, 4.69) is 10.3 Å². The Morgan fingerprint density at radius 2 is 2.03 bits per heavy atom. The largest absolute Gasteiger partial charge is 0.396 e. The maximum Gasteiger partial charge on any atom is 0.254 e. The van der Waals surface area contributed by atoms with Gasteiger partial charge in [0.05, 0.1) is 48.2 Å². The van der Waals surface area contributed by atoms with Crippen molar-refractivity contribution in [1.82, 2.24) is 14.9 Å². The molecule has 2 aromatic rings. The first-order valence-corrected chi connectivity index (χ1v) is 11.1. The van der Waals surface area contributed by atoms with Crippen LogP contribution in [-0.2, 0) is 20.9 Å². The standard InChI is InChI=1S/C24H30N6O5/c1-15-28-18(8-21(33)29(15)10-20(32)27-11-24(12-31)13-35-14-24)17-6-5-16(9-25)7-19(17)30(26)22(34)23(2,3)4/h5-8,31H,10-14,26H2,1-4H3,(H,27,32). The Morgan fingerprint density at radius 3 is 2.54 bits per heavy atom. The predicted molar refractivity (Wildman–Crippen MR) is 128 cm³/mol. The second kappa shape index (κ2) is 9.95. The number of carbonyl (C=O) groups excluding carboxylic acids is 2. The first kappa shape index (κ1) is 26.0. The van der Waals surface area contributed by atoms with Crippen LogP contribution in [0.2, 0.25) is 0 Å². The van der Waals surface area contributed by atoms with Crippen LogP contribution in [0.4, 0.5) is 5.69 Å². The number of amides is 2. The van der Waals surface area contributed by atoms with E-state index in [0.717, 1.165) is 5.01 Å². The van der Waals surface area contributed by atoms with Crippen molar-refractivity contribution in [2.75, 3.05) is 31.4 Å². The summed E-state index contributed by atoms with van der Waals surface area (Å²) in [5, 5.41) is 22.5. The monoisotopic (exact) mass is 482 g/mol. The van der Waals surface area contributed by atoms with Crippen LogP contribution in [0.1, 0.15) is 32.2 Å². The number of aliphatic hydroxyl groups excluding tert-OH is 1. The van der Waals surface area contributed by atoms with E-state index in [1.165, 1.54) is 16.7 Å². The van der Waals surface area contributed by atoms with Crippen LogP contribution in [0.15, 0.2) is 29.1 Å². The van der Waals surface area contributed by atoms with Gasteiger partial charge in [0, 0.05) is 23.6 Å². The molecule has 1 aliphatic heterocycles. The zero-order chi connectivity index (χ0) is 26.0. The minimum Gasteiger partial charge on any atom is -0.396 e. The number of hydrogen-bond donors (Lipinski definition) is 3. The first-order valence-electron chi connectivity index (χ1n) is 11.1. The van der Waals surface area contributed by atoms with Crippen molar-refractivity contribution in [3.8, 4) is 17.3 Å². The van der Waals surface area contributed by atoms with E-state index >= 15 is 0 Å². The van der Waals surface area contributed by atoms with Crippen molar-refractivity contribution in [2.45, 2.75) is 34.2 Å². The number of nitrogens with two attached hydrogens (primary N) is 1. The van der Waals surface area contributed by atoms with Gasteiger partial charge in [-0.3, -0.25) is 19.0 Å². The molecule has 2 heterocycles. The number of aliphatic hydroxyl groups is 1. The highest BCUT2D eigenvalue weighted by molar-refractivity contribution is 5.99. The van der Waals surface area contributed by atoms with Crippen LogP contribution in [0.5, 0.6) is 0 Å². The van der Waals surface area contributed by atoms with Crippen molar-refractivity contribution < 1.29 is 19.4 Å². The fourth-order valence-corrected chi connectivity index (χ4v) is 3.57. The molecule has 0 radical (unpaired) electrons. The summed E-state index contributed by atoms with van der Waals surface area (Å²) in [5.74, 6) is 5.65. The van der Waals surface area contributed by atoms with Crippen molar-refractivity contribution in [1.29, 1.82) is 5.26 Å². The lowest BCUT2D eigenvalue weighted by Crippen LogP contribution is -2.53. The third-order valence-electron chi connectivity index (χ3n) is 5.84. The topological polar surface area (TPSA) is 164 Å². The molecule has 1 fully saturated rings. The highest BCUT2D eigenvalue weighted by Gasteiger charge is 2.38. The van der Waals surface area contributed by atoms with E-state index in [1.807, 2.05) is 6.07 Å². The molecule has 0 aliphatic carbocycles. The Bertz CT molecular complexity index is 1230. The van der Waals surface area contributed by atoms with E-state index in [0.29, 0.717) is 24.3 Å². The molecule has 0 unspecified atom stereocenters. The SMILES string of the molecule is Cc1nc(-c2ccc(C#N)cc2N(N)C(=O)C(C)(C)C)cc(=O)n1CC(=O)NCC1(CO)COC1. The summed E-state index contributed by atoms with van der Waals surface area (Å²) in [4.78, 5) is 42.6. The maximum atomic E-state index is 12.9. The van der Waals surface area contributed by atoms with Gasteiger partial charge < -0.3 is 15.2 Å². The number of nitrogens with one attached hydrogen (secondary N) is 1. The summed E-state index contributed by atoms with van der Waals surface area (Å²) >= 11 is 0. The fraction of sp³-hybridized carbons (Fsp3) is 0.458. The van der Waals surface area contributed by atoms with Crippen LogP contribution in [-0.4, -0.2) is 52.8 Å². The van der Waals surface area contributed by atoms with E-state index in [-0.39, 0.29) is 42.8 Å². The van der Waals surface area contributed by atoms with Gasteiger partial charge in [-0.05, 0) is 25.1 Å². The molecule has 11 heteroatoms. The number of nitrogens with zero attached hydrogens (tertiary/aromatic N) is 4. The molecule has 0 atom stereocenters. The van der Waals surface area contributed by atoms with Gasteiger partial charge in [-0.25, -0.2) is 15.8 Å². The molecule has 2 amide bonds. The Morgan fingerprint density at radius 1 is 1.34 bits per heavy atom. The number of nitriles is 1. The summed E-state index contributed by atoms with van der Waals surface area (Å²) in [5.41, 5.74) is -0.546. The quantitative estimate of drug-likeness (QED) is 0.291. The van der Waals surface area contributed by atoms with Crippen molar-refractivity contribution in [3.05, 3.63) is 46.0 Å². The van der Waals surface area contributed by atoms with E-state index in [1.54, 1.807) is 39.8 Å². The summed E-state index contributed by atoms with van der Waals surface area (Å²) < 4.78 is 6.35. The lowest BCUT2D eigenvalue weighted by molar-refractivity contribution is -0.141. The minimum absolute atomic E-state index is 0.106. The number of aryl methyl sites for hydroxylation is 1. The molecule has 0 bridgehead atoms. The second-order valence-electron chi connectivity index (χ2n) is 9.81. The molecular weight excluding hydrogens is 452 g/mol. The van der Waals surface area contributed by atoms with Gasteiger partial charge in [0.1, 0.15) is 12.4 Å². The molecule has 0 saturated carbocycles. The average molecular weight is 483 g/mol. The number of carbonyl (C=O) groups is 2. The summed E-state index contributed by atoms with van der Waals surface area (Å²) in [7, 11) is 0. The number of benzene rings is 1. The molecule has 3 rings (SSSR count). The minimum atomic E-state index is -0.783. The van der Waals surface area contributed by atoms with Gasteiger partial charge >= 0.3 is 0 Å². The van der Waals surface area contributed by atoms with Gasteiger partial charge in [0.2, 0.25) is 11.8 Å². The molecule has 1 aromatic heterocycles. The van der Waals surface area contributed by atoms with Crippen LogP contribution >= 0.6 is 0 Å². The Kier molecular flexibility index (Phi) is 7.40. The number of rotatable bonds is 7. The molecule has 1 aromatic carbocycles. The summed E-state index contributed by atoms with van der Waals surface area (Å²) in [6, 6.07) is 7.87. The zero-order valence-corrected chi connectivity index (χ0v) is 20.3. The van der Waals surface area contributed by atoms with Crippen LogP contribution in [0.3, 0.4) is 0 Å². The van der Waals surface area contributed by atoms with Crippen molar-refractivity contribution in [2.24, 2.45) is 16.7 Å². The third kappa shape index (κ3) is 5.57. The number of aromatic nitrogens is 2. The summed E-state index contributed by atoms with van der Waals surface area (Å²) in [6.07, 6.45) is 0. The molecule has 0 spiro atoms. The third-order valence-corrected chi connectivity index (χ3v) is 5.84. The molecular formula is C24H30N6O5. The zero-order valence-electron chi connectivity index (χ0n) is 20.3. The Labute approximate surface area is 203 Å². The van der Waals surface area contributed by atoms with E-state index in [4.69, 9.17) is 10.6 Å². The van der Waals surface area contributed by atoms with Crippen LogP contribution in [0.25, 0.3) is 11.3 Å². The van der Waals surface area contributed by atoms with Gasteiger partial charge in [0.15, 0.2) is 0 Å². The molecule has 35 heavy (non-hydrogen) atoms. The first-order chi connectivity index (χ1) is 16.4. The van der Waals surface area contributed by atoms with Crippen LogP contribution in [0, 0.1) is 29.1 Å². The normalized spacial score (nSPS) is 14.5. The molecule has 186 valence electrons. The number of ether oxygens (including phenoxy) is 1. The number of hydrazine groups is 1. The molecule has 1 aliphatic rings. The highest BCUT2D eigenvalue weighted by Crippen LogP contribution is 2.31. The highest BCUT2D eigenvalue weighted by atomic mass is 16.5. The predicted octanol–water partition coefficient (Wildman–Crippen LogP) is 0.468. The van der Waals surface area contributed by atoms with E-state index < -0.39 is 22.3 Å². The molecule has 11 nitrogen and oxygen atoms in total. The van der Waals surface area contributed by atoms with Gasteiger partial charge in [-0.2, -0.15) is 5.26 Å². The fourth-order valence-electron chi connectivity index (χ4n) is 3.57. The second-order valence-corrected chi connectivity index (χ2v) is 9.81. The van der Waals surface area contributed by atoms with Gasteiger partial charge in [-0.1, -0.05) is 20.8 Å². The van der Waals surface area contributed by atoms with Crippen LogP contribution < -0.4 is 21.7 Å². The van der Waals surface area contributed by atoms with E-state index in [9.17, 15) is 24.8 Å². The van der Waals surface area contributed by atoms with Crippen molar-refractivity contribution >= 4 is 17.5 Å². The Hall–Kier alpha value is -3.59. The lowest BCUT2D eigenvalue weighted by Gasteiger charge is -2.39. The summed E-state index contributed by atoms with van der Waals surface area (Å²) in [6.45, 7) is 7.37. The molecule has 1 saturated heterocycles. The van der Waals surface area contributed by atoms with Gasteiger partial charge in [0.25, 0.3) is 5.56 Å². The number of hydrogen-bond acceptors (Lipinski definition) is 8. The maximum absolute atomic E-state index is 12.9. The van der Waals surface area contributed by atoms with Crippen molar-refractivity contribution in [3.63, 3.8) is 0 Å². The Balaban J connectivity index is 1.90.